The Labute approximate surface area is 204 Å². The van der Waals surface area contributed by atoms with Crippen LogP contribution >= 0.6 is 0 Å². The highest BCUT2D eigenvalue weighted by Gasteiger charge is 2.24. The van der Waals surface area contributed by atoms with Gasteiger partial charge in [-0.05, 0) is 54.0 Å². The van der Waals surface area contributed by atoms with Crippen LogP contribution < -0.4 is 4.74 Å². The van der Waals surface area contributed by atoms with Crippen molar-refractivity contribution < 1.29 is 21.7 Å². The van der Waals surface area contributed by atoms with Crippen molar-refractivity contribution in [3.05, 3.63) is 114 Å². The molecule has 4 aromatic rings. The Morgan fingerprint density at radius 3 is 2.29 bits per heavy atom. The average molecular weight is 487 g/mol. The van der Waals surface area contributed by atoms with Crippen LogP contribution in [0.4, 0.5) is 4.39 Å². The molecule has 1 aliphatic rings. The van der Waals surface area contributed by atoms with Crippen molar-refractivity contribution in [3.8, 4) is 28.0 Å². The van der Waals surface area contributed by atoms with Gasteiger partial charge in [-0.1, -0.05) is 78.4 Å². The summed E-state index contributed by atoms with van der Waals surface area (Å²) >= 11 is 0. The maximum Gasteiger partial charge on any atom is 0.297 e. The largest absolute Gasteiger partial charge is 0.483 e. The molecule has 176 valence electrons. The average Bonchev–Trinajstić information content (AvgIpc) is 2.88. The molecule has 0 fully saturated rings. The van der Waals surface area contributed by atoms with E-state index in [0.717, 1.165) is 22.3 Å². The van der Waals surface area contributed by atoms with Gasteiger partial charge in [0, 0.05) is 11.1 Å². The topological polar surface area (TPSA) is 52.6 Å². The second-order valence-corrected chi connectivity index (χ2v) is 9.97. The lowest BCUT2D eigenvalue weighted by atomic mass is 9.92. The van der Waals surface area contributed by atoms with E-state index in [2.05, 4.69) is 0 Å². The molecule has 0 aliphatic carbocycles. The van der Waals surface area contributed by atoms with Gasteiger partial charge in [-0.2, -0.15) is 8.42 Å². The molecule has 0 amide bonds. The number of rotatable bonds is 6. The van der Waals surface area contributed by atoms with Crippen LogP contribution in [0.2, 0.25) is 0 Å². The summed E-state index contributed by atoms with van der Waals surface area (Å²) in [6.07, 6.45) is 2.76. The van der Waals surface area contributed by atoms with Crippen molar-refractivity contribution in [2.45, 2.75) is 17.9 Å². The van der Waals surface area contributed by atoms with E-state index in [1.807, 2.05) is 61.5 Å². The summed E-state index contributed by atoms with van der Waals surface area (Å²) in [5.74, 6) is 0.102. The van der Waals surface area contributed by atoms with Crippen LogP contribution in [0, 0.1) is 12.7 Å². The summed E-state index contributed by atoms with van der Waals surface area (Å²) < 4.78 is 51.3. The van der Waals surface area contributed by atoms with Gasteiger partial charge in [-0.15, -0.1) is 0 Å². The summed E-state index contributed by atoms with van der Waals surface area (Å²) in [6, 6.07) is 26.9. The normalized spacial score (nSPS) is 14.9. The molecule has 0 bridgehead atoms. The molecule has 1 atom stereocenters. The van der Waals surface area contributed by atoms with Gasteiger partial charge < -0.3 is 4.74 Å². The highest BCUT2D eigenvalue weighted by Crippen LogP contribution is 2.42. The summed E-state index contributed by atoms with van der Waals surface area (Å²) in [6.45, 7) is 1.68. The molecule has 1 aliphatic heterocycles. The van der Waals surface area contributed by atoms with Crippen LogP contribution in [-0.2, 0) is 14.3 Å². The first-order valence-electron chi connectivity index (χ1n) is 11.2. The SMILES string of the molecule is Cc1ccc(S(=O)(=O)OC[C@H]2C=Cc3cc(F)cc(-c4ccccc4-c4ccccc4)c3O2)cc1. The smallest absolute Gasteiger partial charge is 0.297 e. The van der Waals surface area contributed by atoms with Crippen molar-refractivity contribution >= 4 is 16.2 Å². The molecule has 0 saturated carbocycles. The lowest BCUT2D eigenvalue weighted by Crippen LogP contribution is -2.25. The first kappa shape index (κ1) is 23.0. The Bertz CT molecular complexity index is 1490. The molecular weight excluding hydrogens is 463 g/mol. The minimum absolute atomic E-state index is 0.0860. The van der Waals surface area contributed by atoms with Crippen molar-refractivity contribution in [1.82, 2.24) is 0 Å². The second-order valence-electron chi connectivity index (χ2n) is 8.35. The lowest BCUT2D eigenvalue weighted by Gasteiger charge is -2.24. The predicted molar refractivity (Wildman–Crippen MR) is 135 cm³/mol. The van der Waals surface area contributed by atoms with Gasteiger partial charge in [-0.3, -0.25) is 4.18 Å². The number of benzene rings is 4. The van der Waals surface area contributed by atoms with Crippen molar-refractivity contribution in [1.29, 1.82) is 0 Å². The molecule has 1 heterocycles. The summed E-state index contributed by atoms with van der Waals surface area (Å²) in [5.41, 5.74) is 4.88. The van der Waals surface area contributed by atoms with E-state index in [1.165, 1.54) is 24.3 Å². The van der Waals surface area contributed by atoms with E-state index < -0.39 is 16.2 Å². The van der Waals surface area contributed by atoms with Crippen molar-refractivity contribution in [3.63, 3.8) is 0 Å². The molecule has 5 rings (SSSR count). The molecule has 0 radical (unpaired) electrons. The van der Waals surface area contributed by atoms with Crippen LogP contribution in [0.15, 0.2) is 102 Å². The number of hydrogen-bond acceptors (Lipinski definition) is 4. The number of halogens is 1. The van der Waals surface area contributed by atoms with E-state index in [4.69, 9.17) is 8.92 Å². The molecule has 0 N–H and O–H groups in total. The summed E-state index contributed by atoms with van der Waals surface area (Å²) in [7, 11) is -3.94. The zero-order valence-electron chi connectivity index (χ0n) is 19.0. The molecular formula is C29H23FO4S. The fourth-order valence-electron chi connectivity index (χ4n) is 4.08. The Morgan fingerprint density at radius 1 is 0.857 bits per heavy atom. The molecule has 4 aromatic carbocycles. The molecule has 0 spiro atoms. The molecule has 35 heavy (non-hydrogen) atoms. The van der Waals surface area contributed by atoms with Crippen LogP contribution in [-0.4, -0.2) is 21.1 Å². The zero-order chi connectivity index (χ0) is 24.4. The highest BCUT2D eigenvalue weighted by molar-refractivity contribution is 7.86. The van der Waals surface area contributed by atoms with Gasteiger partial charge in [0.05, 0.1) is 4.90 Å². The standard InChI is InChI=1S/C29H23FO4S/c1-20-11-15-25(16-12-20)35(31,32)33-19-24-14-13-22-17-23(30)18-28(29(22)34-24)27-10-6-5-9-26(27)21-7-3-2-4-8-21/h2-18,24H,19H2,1H3/t24-/m1/s1. The molecule has 0 unspecified atom stereocenters. The van der Waals surface area contributed by atoms with E-state index in [-0.39, 0.29) is 17.3 Å². The Morgan fingerprint density at radius 2 is 1.54 bits per heavy atom. The van der Waals surface area contributed by atoms with Crippen LogP contribution in [0.25, 0.3) is 28.3 Å². The van der Waals surface area contributed by atoms with E-state index in [9.17, 15) is 12.8 Å². The maximum atomic E-state index is 14.6. The minimum Gasteiger partial charge on any atom is -0.483 e. The number of ether oxygens (including phenoxy) is 1. The minimum atomic E-state index is -3.94. The summed E-state index contributed by atoms with van der Waals surface area (Å²) in [4.78, 5) is 0.0860. The van der Waals surface area contributed by atoms with Crippen molar-refractivity contribution in [2.75, 3.05) is 6.61 Å². The van der Waals surface area contributed by atoms with Gasteiger partial charge >= 0.3 is 0 Å². The third-order valence-corrected chi connectivity index (χ3v) is 7.14. The Hall–Kier alpha value is -3.74. The molecule has 0 aromatic heterocycles. The van der Waals surface area contributed by atoms with Gasteiger partial charge in [0.2, 0.25) is 0 Å². The van der Waals surface area contributed by atoms with Gasteiger partial charge in [-0.25, -0.2) is 4.39 Å². The number of hydrogen-bond donors (Lipinski definition) is 0. The monoisotopic (exact) mass is 486 g/mol. The van der Waals surface area contributed by atoms with E-state index in [1.54, 1.807) is 24.3 Å². The Kier molecular flexibility index (Phi) is 6.24. The fourth-order valence-corrected chi connectivity index (χ4v) is 5.00. The third kappa shape index (κ3) is 4.90. The Balaban J connectivity index is 1.45. The van der Waals surface area contributed by atoms with Crippen molar-refractivity contribution in [2.24, 2.45) is 0 Å². The molecule has 6 heteroatoms. The van der Waals surface area contributed by atoms with E-state index >= 15 is 0 Å². The first-order chi connectivity index (χ1) is 16.9. The molecule has 0 saturated heterocycles. The van der Waals surface area contributed by atoms with Crippen LogP contribution in [0.3, 0.4) is 0 Å². The zero-order valence-corrected chi connectivity index (χ0v) is 19.8. The van der Waals surface area contributed by atoms with Crippen LogP contribution in [0.1, 0.15) is 11.1 Å². The lowest BCUT2D eigenvalue weighted by molar-refractivity contribution is 0.166. The highest BCUT2D eigenvalue weighted by atomic mass is 32.2. The fraction of sp³-hybridized carbons (Fsp3) is 0.103. The second kappa shape index (κ2) is 9.49. The third-order valence-electron chi connectivity index (χ3n) is 5.84. The summed E-state index contributed by atoms with van der Waals surface area (Å²) in [5, 5.41) is 0. The predicted octanol–water partition coefficient (Wildman–Crippen LogP) is 6.65. The quantitative estimate of drug-likeness (QED) is 0.287. The maximum absolute atomic E-state index is 14.6. The number of fused-ring (bicyclic) bond motifs is 1. The molecule has 4 nitrogen and oxygen atoms in total. The van der Waals surface area contributed by atoms with E-state index in [0.29, 0.717) is 16.9 Å². The van der Waals surface area contributed by atoms with Gasteiger partial charge in [0.1, 0.15) is 24.3 Å². The van der Waals surface area contributed by atoms with Gasteiger partial charge in [0.15, 0.2) is 0 Å². The number of aryl methyl sites for hydroxylation is 1. The first-order valence-corrected chi connectivity index (χ1v) is 12.6. The van der Waals surface area contributed by atoms with Crippen LogP contribution in [0.5, 0.6) is 5.75 Å². The van der Waals surface area contributed by atoms with Gasteiger partial charge in [0.25, 0.3) is 10.1 Å².